The van der Waals surface area contributed by atoms with E-state index in [1.165, 1.54) is 11.8 Å². The van der Waals surface area contributed by atoms with Crippen molar-refractivity contribution in [2.45, 2.75) is 38.9 Å². The molecule has 30 heavy (non-hydrogen) atoms. The van der Waals surface area contributed by atoms with Crippen LogP contribution in [0.1, 0.15) is 25.8 Å². The minimum absolute atomic E-state index is 0.0719. The number of aryl methyl sites for hydroxylation is 1. The van der Waals surface area contributed by atoms with Crippen LogP contribution in [0.3, 0.4) is 0 Å². The van der Waals surface area contributed by atoms with Crippen LogP contribution in [0.5, 0.6) is 0 Å². The third-order valence-electron chi connectivity index (χ3n) is 4.39. The molecule has 2 aromatic carbocycles. The van der Waals surface area contributed by atoms with Gasteiger partial charge in [-0.25, -0.2) is 0 Å². The molecule has 0 atom stereocenters. The molecule has 0 aliphatic carbocycles. The summed E-state index contributed by atoms with van der Waals surface area (Å²) in [4.78, 5) is 24.0. The van der Waals surface area contributed by atoms with Crippen LogP contribution in [0, 0.1) is 6.92 Å². The third-order valence-corrected chi connectivity index (χ3v) is 5.36. The van der Waals surface area contributed by atoms with Crippen molar-refractivity contribution in [1.29, 1.82) is 0 Å². The highest BCUT2D eigenvalue weighted by molar-refractivity contribution is 7.99. The van der Waals surface area contributed by atoms with Crippen molar-refractivity contribution in [3.63, 3.8) is 0 Å². The first-order chi connectivity index (χ1) is 14.5. The molecular weight excluding hydrogens is 398 g/mol. The molecule has 0 aliphatic rings. The van der Waals surface area contributed by atoms with Crippen molar-refractivity contribution >= 4 is 35.0 Å². The molecule has 2 amide bonds. The van der Waals surface area contributed by atoms with Gasteiger partial charge in [0.15, 0.2) is 11.0 Å². The lowest BCUT2D eigenvalue weighted by atomic mass is 10.1. The molecule has 3 rings (SSSR count). The maximum Gasteiger partial charge on any atom is 0.234 e. The summed E-state index contributed by atoms with van der Waals surface area (Å²) in [5.41, 5.74) is 3.45. The second-order valence-electron chi connectivity index (χ2n) is 6.74. The highest BCUT2D eigenvalue weighted by Gasteiger charge is 2.15. The van der Waals surface area contributed by atoms with Crippen LogP contribution in [0.15, 0.2) is 53.7 Å². The minimum atomic E-state index is -0.151. The predicted octanol–water partition coefficient (Wildman–Crippen LogP) is 4.35. The van der Waals surface area contributed by atoms with E-state index in [2.05, 4.69) is 26.9 Å². The van der Waals surface area contributed by atoms with Crippen molar-refractivity contribution in [3.8, 4) is 11.4 Å². The molecular formula is C22H25N5O2S. The Hall–Kier alpha value is -3.13. The smallest absolute Gasteiger partial charge is 0.234 e. The van der Waals surface area contributed by atoms with E-state index in [4.69, 9.17) is 0 Å². The Balaban J connectivity index is 1.64. The van der Waals surface area contributed by atoms with E-state index < -0.39 is 0 Å². The summed E-state index contributed by atoms with van der Waals surface area (Å²) in [5, 5.41) is 14.9. The van der Waals surface area contributed by atoms with Gasteiger partial charge in [0.05, 0.1) is 5.75 Å². The lowest BCUT2D eigenvalue weighted by Crippen LogP contribution is -2.15. The zero-order valence-corrected chi connectivity index (χ0v) is 18.1. The monoisotopic (exact) mass is 423 g/mol. The number of nitrogens with zero attached hydrogens (tertiary/aromatic N) is 3. The molecule has 7 nitrogen and oxygen atoms in total. The fourth-order valence-corrected chi connectivity index (χ4v) is 3.73. The zero-order chi connectivity index (χ0) is 21.5. The van der Waals surface area contributed by atoms with Crippen LogP contribution >= 0.6 is 11.8 Å². The summed E-state index contributed by atoms with van der Waals surface area (Å²) in [5.74, 6) is 0.778. The SMILES string of the molecule is CCC(=O)Nc1cccc(NC(=O)CSc2nnc(-c3cccc(C)c3)n2CC)c1. The van der Waals surface area contributed by atoms with Gasteiger partial charge >= 0.3 is 0 Å². The molecule has 1 aromatic heterocycles. The fourth-order valence-electron chi connectivity index (χ4n) is 2.93. The lowest BCUT2D eigenvalue weighted by Gasteiger charge is -2.09. The van der Waals surface area contributed by atoms with Crippen LogP contribution in [0.25, 0.3) is 11.4 Å². The van der Waals surface area contributed by atoms with E-state index in [0.717, 1.165) is 17.0 Å². The largest absolute Gasteiger partial charge is 0.326 e. The highest BCUT2D eigenvalue weighted by atomic mass is 32.2. The van der Waals surface area contributed by atoms with Crippen LogP contribution in [0.2, 0.25) is 0 Å². The van der Waals surface area contributed by atoms with E-state index >= 15 is 0 Å². The van der Waals surface area contributed by atoms with Crippen LogP contribution in [0.4, 0.5) is 11.4 Å². The molecule has 0 fully saturated rings. The Morgan fingerprint density at radius 3 is 2.33 bits per heavy atom. The summed E-state index contributed by atoms with van der Waals surface area (Å²) in [6, 6.07) is 15.2. The van der Waals surface area contributed by atoms with Gasteiger partial charge in [0.25, 0.3) is 0 Å². The average Bonchev–Trinajstić information content (AvgIpc) is 3.15. The second-order valence-corrected chi connectivity index (χ2v) is 7.68. The number of aromatic nitrogens is 3. The van der Waals surface area contributed by atoms with Gasteiger partial charge in [0.1, 0.15) is 0 Å². The maximum atomic E-state index is 12.4. The van der Waals surface area contributed by atoms with Gasteiger partial charge in [-0.15, -0.1) is 10.2 Å². The standard InChI is InChI=1S/C22H25N5O2S/c1-4-19(28)23-17-10-7-11-18(13-17)24-20(29)14-30-22-26-25-21(27(22)5-2)16-9-6-8-15(3)12-16/h6-13H,4-5,14H2,1-3H3,(H,23,28)(H,24,29). The summed E-state index contributed by atoms with van der Waals surface area (Å²) in [7, 11) is 0. The van der Waals surface area contributed by atoms with Gasteiger partial charge < -0.3 is 15.2 Å². The van der Waals surface area contributed by atoms with Gasteiger partial charge in [0, 0.05) is 29.9 Å². The minimum Gasteiger partial charge on any atom is -0.326 e. The summed E-state index contributed by atoms with van der Waals surface area (Å²) in [6.07, 6.45) is 0.399. The molecule has 0 spiro atoms. The summed E-state index contributed by atoms with van der Waals surface area (Å²) in [6.45, 7) is 6.57. The van der Waals surface area contributed by atoms with E-state index in [1.807, 2.05) is 36.6 Å². The van der Waals surface area contributed by atoms with Crippen molar-refractivity contribution in [2.24, 2.45) is 0 Å². The number of thioether (sulfide) groups is 1. The Bertz CT molecular complexity index is 1050. The highest BCUT2D eigenvalue weighted by Crippen LogP contribution is 2.25. The first-order valence-electron chi connectivity index (χ1n) is 9.83. The molecule has 0 bridgehead atoms. The third kappa shape index (κ3) is 5.48. The zero-order valence-electron chi connectivity index (χ0n) is 17.3. The van der Waals surface area contributed by atoms with Gasteiger partial charge in [-0.05, 0) is 38.1 Å². The van der Waals surface area contributed by atoms with Crippen molar-refractivity contribution in [2.75, 3.05) is 16.4 Å². The Labute approximate surface area is 180 Å². The molecule has 3 aromatic rings. The predicted molar refractivity (Wildman–Crippen MR) is 121 cm³/mol. The maximum absolute atomic E-state index is 12.4. The van der Waals surface area contributed by atoms with E-state index in [1.54, 1.807) is 31.2 Å². The van der Waals surface area contributed by atoms with E-state index in [0.29, 0.717) is 29.5 Å². The Morgan fingerprint density at radius 1 is 0.967 bits per heavy atom. The first kappa shape index (κ1) is 21.6. The normalized spacial score (nSPS) is 10.6. The number of rotatable bonds is 8. The molecule has 0 aliphatic heterocycles. The molecule has 0 radical (unpaired) electrons. The molecule has 8 heteroatoms. The van der Waals surface area contributed by atoms with Gasteiger partial charge in [-0.2, -0.15) is 0 Å². The molecule has 0 saturated heterocycles. The first-order valence-corrected chi connectivity index (χ1v) is 10.8. The molecule has 2 N–H and O–H groups in total. The number of anilines is 2. The number of carbonyl (C=O) groups is 2. The van der Waals surface area contributed by atoms with Crippen LogP contribution in [-0.2, 0) is 16.1 Å². The lowest BCUT2D eigenvalue weighted by molar-refractivity contribution is -0.116. The van der Waals surface area contributed by atoms with Gasteiger partial charge in [-0.1, -0.05) is 48.5 Å². The topological polar surface area (TPSA) is 88.9 Å². The van der Waals surface area contributed by atoms with E-state index in [9.17, 15) is 9.59 Å². The van der Waals surface area contributed by atoms with Crippen molar-refractivity contribution < 1.29 is 9.59 Å². The number of hydrogen-bond donors (Lipinski definition) is 2. The van der Waals surface area contributed by atoms with E-state index in [-0.39, 0.29) is 17.6 Å². The average molecular weight is 424 g/mol. The Morgan fingerprint density at radius 2 is 1.67 bits per heavy atom. The van der Waals surface area contributed by atoms with Gasteiger partial charge in [0.2, 0.25) is 11.8 Å². The number of benzene rings is 2. The number of hydrogen-bond acceptors (Lipinski definition) is 5. The second kappa shape index (κ2) is 10.1. The number of amides is 2. The quantitative estimate of drug-likeness (QED) is 0.526. The number of nitrogens with one attached hydrogen (secondary N) is 2. The molecule has 0 unspecified atom stereocenters. The molecule has 1 heterocycles. The van der Waals surface area contributed by atoms with Gasteiger partial charge in [-0.3, -0.25) is 9.59 Å². The van der Waals surface area contributed by atoms with Crippen LogP contribution < -0.4 is 10.6 Å². The summed E-state index contributed by atoms with van der Waals surface area (Å²) >= 11 is 1.34. The van der Waals surface area contributed by atoms with Crippen molar-refractivity contribution in [1.82, 2.24) is 14.8 Å². The molecule has 156 valence electrons. The summed E-state index contributed by atoms with van der Waals surface area (Å²) < 4.78 is 2.01. The Kier molecular flexibility index (Phi) is 7.24. The molecule has 0 saturated carbocycles. The number of carbonyl (C=O) groups excluding carboxylic acids is 2. The van der Waals surface area contributed by atoms with Crippen LogP contribution in [-0.4, -0.2) is 32.3 Å². The fraction of sp³-hybridized carbons (Fsp3) is 0.273. The van der Waals surface area contributed by atoms with Crippen molar-refractivity contribution in [3.05, 3.63) is 54.1 Å².